The number of fused-ring (bicyclic) bond motifs is 1. The molecular weight excluding hydrogens is 316 g/mol. The lowest BCUT2D eigenvalue weighted by atomic mass is 10.0. The highest BCUT2D eigenvalue weighted by Crippen LogP contribution is 2.29. The quantitative estimate of drug-likeness (QED) is 0.773. The molecule has 3 rings (SSSR count). The van der Waals surface area contributed by atoms with Crippen molar-refractivity contribution >= 4 is 22.7 Å². The molecule has 0 aliphatic rings. The van der Waals surface area contributed by atoms with E-state index in [9.17, 15) is 4.79 Å². The zero-order valence-electron chi connectivity index (χ0n) is 14.9. The van der Waals surface area contributed by atoms with Crippen LogP contribution in [-0.4, -0.2) is 24.9 Å². The molecule has 1 aromatic heterocycles. The molecule has 0 aliphatic carbocycles. The Morgan fingerprint density at radius 2 is 1.92 bits per heavy atom. The number of carbonyl (C=O) groups excluding carboxylic acids is 1. The molecule has 5 heteroatoms. The Hall–Kier alpha value is -2.95. The van der Waals surface area contributed by atoms with Crippen LogP contribution in [0.1, 0.15) is 16.7 Å². The van der Waals surface area contributed by atoms with Crippen LogP contribution >= 0.6 is 0 Å². The molecule has 0 unspecified atom stereocenters. The van der Waals surface area contributed by atoms with Crippen molar-refractivity contribution in [1.82, 2.24) is 4.57 Å². The fourth-order valence-electron chi connectivity index (χ4n) is 3.06. The molecule has 2 aromatic carbocycles. The summed E-state index contributed by atoms with van der Waals surface area (Å²) in [5.41, 5.74) is 5.29. The van der Waals surface area contributed by atoms with Crippen LogP contribution in [0.3, 0.4) is 0 Å². The van der Waals surface area contributed by atoms with Crippen molar-refractivity contribution in [3.8, 4) is 5.75 Å². The Labute approximate surface area is 147 Å². The van der Waals surface area contributed by atoms with Crippen LogP contribution in [0, 0.1) is 6.92 Å². The molecule has 0 spiro atoms. The summed E-state index contributed by atoms with van der Waals surface area (Å²) < 4.78 is 12.3. The molecule has 1 heterocycles. The van der Waals surface area contributed by atoms with E-state index in [0.29, 0.717) is 5.69 Å². The van der Waals surface area contributed by atoms with E-state index in [1.54, 1.807) is 7.11 Å². The third kappa shape index (κ3) is 3.45. The molecule has 1 amide bonds. The number of nitrogens with one attached hydrogen (secondary N) is 1. The highest BCUT2D eigenvalue weighted by atomic mass is 16.5. The molecular formula is C20H22N2O3. The van der Waals surface area contributed by atoms with Crippen molar-refractivity contribution in [2.45, 2.75) is 13.3 Å². The average Bonchev–Trinajstić information content (AvgIpc) is 2.91. The monoisotopic (exact) mass is 338 g/mol. The average molecular weight is 338 g/mol. The van der Waals surface area contributed by atoms with Gasteiger partial charge in [-0.2, -0.15) is 0 Å². The third-order valence-electron chi connectivity index (χ3n) is 4.33. The van der Waals surface area contributed by atoms with Gasteiger partial charge >= 0.3 is 6.09 Å². The third-order valence-corrected chi connectivity index (χ3v) is 4.33. The van der Waals surface area contributed by atoms with E-state index in [1.807, 2.05) is 31.3 Å². The van der Waals surface area contributed by atoms with Crippen LogP contribution < -0.4 is 10.1 Å². The van der Waals surface area contributed by atoms with Gasteiger partial charge in [0, 0.05) is 36.3 Å². The maximum atomic E-state index is 11.5. The van der Waals surface area contributed by atoms with Crippen molar-refractivity contribution in [3.05, 3.63) is 59.3 Å². The second-order valence-electron chi connectivity index (χ2n) is 6.11. The normalized spacial score (nSPS) is 10.7. The number of carbonyl (C=O) groups is 1. The smallest absolute Gasteiger partial charge is 0.411 e. The van der Waals surface area contributed by atoms with Gasteiger partial charge in [0.25, 0.3) is 0 Å². The number of methoxy groups -OCH3 is 2. The van der Waals surface area contributed by atoms with Gasteiger partial charge in [-0.25, -0.2) is 4.79 Å². The zero-order valence-corrected chi connectivity index (χ0v) is 14.9. The topological polar surface area (TPSA) is 52.5 Å². The van der Waals surface area contributed by atoms with E-state index in [1.165, 1.54) is 18.2 Å². The number of benzene rings is 2. The van der Waals surface area contributed by atoms with Gasteiger partial charge < -0.3 is 14.0 Å². The predicted molar refractivity (Wildman–Crippen MR) is 99.5 cm³/mol. The van der Waals surface area contributed by atoms with Crippen LogP contribution in [0.4, 0.5) is 10.5 Å². The van der Waals surface area contributed by atoms with Crippen molar-refractivity contribution < 1.29 is 14.3 Å². The molecule has 0 bridgehead atoms. The van der Waals surface area contributed by atoms with Crippen LogP contribution in [-0.2, 0) is 18.2 Å². The van der Waals surface area contributed by atoms with Gasteiger partial charge in [0.1, 0.15) is 5.75 Å². The second-order valence-corrected chi connectivity index (χ2v) is 6.11. The molecule has 0 saturated heterocycles. The first-order chi connectivity index (χ1) is 12.0. The lowest BCUT2D eigenvalue weighted by Crippen LogP contribution is -2.10. The maximum Gasteiger partial charge on any atom is 0.411 e. The van der Waals surface area contributed by atoms with E-state index >= 15 is 0 Å². The number of nitrogens with zero attached hydrogens (tertiary/aromatic N) is 1. The van der Waals surface area contributed by atoms with Crippen molar-refractivity contribution in [3.63, 3.8) is 0 Å². The van der Waals surface area contributed by atoms with E-state index in [4.69, 9.17) is 4.74 Å². The second kappa shape index (κ2) is 6.89. The molecule has 0 saturated carbocycles. The summed E-state index contributed by atoms with van der Waals surface area (Å²) in [6.45, 7) is 2.05. The number of ether oxygens (including phenoxy) is 2. The summed E-state index contributed by atoms with van der Waals surface area (Å²) >= 11 is 0. The largest absolute Gasteiger partial charge is 0.496 e. The van der Waals surface area contributed by atoms with Crippen molar-refractivity contribution in [2.24, 2.45) is 7.05 Å². The highest BCUT2D eigenvalue weighted by Gasteiger charge is 2.12. The van der Waals surface area contributed by atoms with E-state index < -0.39 is 6.09 Å². The summed E-state index contributed by atoms with van der Waals surface area (Å²) in [7, 11) is 5.07. The molecule has 5 nitrogen and oxygen atoms in total. The zero-order chi connectivity index (χ0) is 18.0. The minimum atomic E-state index is -0.475. The highest BCUT2D eigenvalue weighted by molar-refractivity contribution is 5.92. The SMILES string of the molecule is COC(=O)Nc1ccc2c(c1)c(Cc1ccc(C)cc1OC)cn2C. The Bertz CT molecular complexity index is 928. The summed E-state index contributed by atoms with van der Waals surface area (Å²) in [5, 5.41) is 3.82. The predicted octanol–water partition coefficient (Wildman–Crippen LogP) is 4.26. The standard InChI is InChI=1S/C20H22N2O3/c1-13-5-6-14(19(9-13)24-3)10-15-12-22(2)18-8-7-16(11-17(15)18)21-20(23)25-4/h5-9,11-12H,10H2,1-4H3,(H,21,23). The van der Waals surface area contributed by atoms with Crippen molar-refractivity contribution in [2.75, 3.05) is 19.5 Å². The van der Waals surface area contributed by atoms with Crippen LogP contribution in [0.2, 0.25) is 0 Å². The number of hydrogen-bond donors (Lipinski definition) is 1. The first kappa shape index (κ1) is 16.9. The Balaban J connectivity index is 2.01. The van der Waals surface area contributed by atoms with Gasteiger partial charge in [0.2, 0.25) is 0 Å². The van der Waals surface area contributed by atoms with Crippen LogP contribution in [0.5, 0.6) is 5.75 Å². The number of rotatable bonds is 4. The summed E-state index contributed by atoms with van der Waals surface area (Å²) in [6, 6.07) is 12.1. The van der Waals surface area contributed by atoms with Gasteiger partial charge in [-0.1, -0.05) is 12.1 Å². The Morgan fingerprint density at radius 3 is 2.64 bits per heavy atom. The van der Waals surface area contributed by atoms with Gasteiger partial charge in [0.05, 0.1) is 14.2 Å². The number of anilines is 1. The number of hydrogen-bond acceptors (Lipinski definition) is 3. The first-order valence-electron chi connectivity index (χ1n) is 8.08. The molecule has 0 aliphatic heterocycles. The van der Waals surface area contributed by atoms with Crippen LogP contribution in [0.25, 0.3) is 10.9 Å². The molecule has 25 heavy (non-hydrogen) atoms. The van der Waals surface area contributed by atoms with Crippen LogP contribution in [0.15, 0.2) is 42.6 Å². The molecule has 0 fully saturated rings. The van der Waals surface area contributed by atoms with E-state index in [2.05, 4.69) is 39.9 Å². The van der Waals surface area contributed by atoms with E-state index in [0.717, 1.165) is 28.6 Å². The number of amides is 1. The van der Waals surface area contributed by atoms with Crippen molar-refractivity contribution in [1.29, 1.82) is 0 Å². The van der Waals surface area contributed by atoms with E-state index in [-0.39, 0.29) is 0 Å². The molecule has 0 radical (unpaired) electrons. The van der Waals surface area contributed by atoms with Gasteiger partial charge in [-0.05, 0) is 47.9 Å². The van der Waals surface area contributed by atoms with Gasteiger partial charge in [0.15, 0.2) is 0 Å². The summed E-state index contributed by atoms with van der Waals surface area (Å²) in [6.07, 6.45) is 2.39. The lowest BCUT2D eigenvalue weighted by Gasteiger charge is -2.09. The van der Waals surface area contributed by atoms with Gasteiger partial charge in [-0.15, -0.1) is 0 Å². The Kier molecular flexibility index (Phi) is 4.65. The summed E-state index contributed by atoms with van der Waals surface area (Å²) in [4.78, 5) is 11.5. The fourth-order valence-corrected chi connectivity index (χ4v) is 3.06. The fraction of sp³-hybridized carbons (Fsp3) is 0.250. The maximum absolute atomic E-state index is 11.5. The molecule has 130 valence electrons. The molecule has 0 atom stereocenters. The molecule has 3 aromatic rings. The summed E-state index contributed by atoms with van der Waals surface area (Å²) in [5.74, 6) is 0.890. The first-order valence-corrected chi connectivity index (χ1v) is 8.08. The Morgan fingerprint density at radius 1 is 1.12 bits per heavy atom. The number of aryl methyl sites for hydroxylation is 2. The number of aromatic nitrogens is 1. The lowest BCUT2D eigenvalue weighted by molar-refractivity contribution is 0.187. The minimum absolute atomic E-state index is 0.475. The van der Waals surface area contributed by atoms with Gasteiger partial charge in [-0.3, -0.25) is 5.32 Å². The molecule has 1 N–H and O–H groups in total. The minimum Gasteiger partial charge on any atom is -0.496 e.